The van der Waals surface area contributed by atoms with Crippen LogP contribution >= 0.6 is 11.6 Å². The predicted molar refractivity (Wildman–Crippen MR) is 74.7 cm³/mol. The molecule has 0 aliphatic heterocycles. The van der Waals surface area contributed by atoms with Gasteiger partial charge in [-0.3, -0.25) is 0 Å². The number of carbonyl (C=O) groups is 1. The molecule has 5 nitrogen and oxygen atoms in total. The Balaban J connectivity index is 2.48. The number of sulfone groups is 1. The van der Waals surface area contributed by atoms with E-state index in [1.807, 2.05) is 0 Å². The van der Waals surface area contributed by atoms with Crippen LogP contribution in [0.4, 0.5) is 5.69 Å². The molecule has 1 rings (SSSR count). The molecule has 0 aromatic heterocycles. The van der Waals surface area contributed by atoms with E-state index in [2.05, 4.69) is 11.4 Å². The maximum Gasteiger partial charge on any atom is 0.338 e. The summed E-state index contributed by atoms with van der Waals surface area (Å²) >= 11 is 5.39. The number of aromatic carboxylic acids is 1. The number of nitrogens with one attached hydrogen (secondary N) is 1. The van der Waals surface area contributed by atoms with Gasteiger partial charge in [-0.15, -0.1) is 11.6 Å². The summed E-state index contributed by atoms with van der Waals surface area (Å²) in [7, 11) is -3.11. The molecule has 0 atom stereocenters. The van der Waals surface area contributed by atoms with E-state index in [1.54, 1.807) is 12.1 Å². The van der Waals surface area contributed by atoms with Gasteiger partial charge in [0.1, 0.15) is 0 Å². The number of anilines is 1. The molecule has 0 bridgehead atoms. The van der Waals surface area contributed by atoms with Gasteiger partial charge < -0.3 is 10.4 Å². The first-order valence-electron chi connectivity index (χ1n) is 5.70. The minimum absolute atomic E-state index is 0.0334. The molecule has 1 aromatic rings. The van der Waals surface area contributed by atoms with E-state index in [1.165, 1.54) is 6.07 Å². The SMILES string of the molecule is O=C(O)c1[c]cccc1NCCCS(=O)(=O)CCCl. The molecule has 0 unspecified atom stereocenters. The molecule has 0 spiro atoms. The number of benzene rings is 1. The Kier molecular flexibility index (Phi) is 6.11. The highest BCUT2D eigenvalue weighted by atomic mass is 35.5. The number of hydrogen-bond donors (Lipinski definition) is 2. The van der Waals surface area contributed by atoms with Crippen molar-refractivity contribution in [3.63, 3.8) is 0 Å². The van der Waals surface area contributed by atoms with Crippen molar-refractivity contribution in [2.75, 3.05) is 29.2 Å². The van der Waals surface area contributed by atoms with Crippen LogP contribution in [0.1, 0.15) is 16.8 Å². The molecule has 7 heteroatoms. The van der Waals surface area contributed by atoms with Crippen LogP contribution in [0, 0.1) is 6.07 Å². The zero-order valence-corrected chi connectivity index (χ0v) is 11.8. The Bertz CT molecular complexity index is 530. The van der Waals surface area contributed by atoms with Gasteiger partial charge in [-0.05, 0) is 18.6 Å². The fourth-order valence-electron chi connectivity index (χ4n) is 1.50. The first-order valence-corrected chi connectivity index (χ1v) is 8.06. The number of halogens is 1. The first kappa shape index (κ1) is 15.8. The highest BCUT2D eigenvalue weighted by Gasteiger charge is 2.11. The van der Waals surface area contributed by atoms with E-state index in [-0.39, 0.29) is 22.9 Å². The third-order valence-corrected chi connectivity index (χ3v) is 4.56. The van der Waals surface area contributed by atoms with Crippen molar-refractivity contribution in [3.8, 4) is 0 Å². The minimum atomic E-state index is -3.11. The average Bonchev–Trinajstić information content (AvgIpc) is 2.35. The summed E-state index contributed by atoms with van der Waals surface area (Å²) in [5.74, 6) is -0.982. The fraction of sp³-hybridized carbons (Fsp3) is 0.417. The van der Waals surface area contributed by atoms with Crippen molar-refractivity contribution in [1.29, 1.82) is 0 Å². The summed E-state index contributed by atoms with van der Waals surface area (Å²) in [5, 5.41) is 11.8. The number of hydrogen-bond acceptors (Lipinski definition) is 4. The maximum atomic E-state index is 11.4. The van der Waals surface area contributed by atoms with Gasteiger partial charge in [0.2, 0.25) is 0 Å². The van der Waals surface area contributed by atoms with Gasteiger partial charge in [-0.1, -0.05) is 12.1 Å². The monoisotopic (exact) mass is 304 g/mol. The highest BCUT2D eigenvalue weighted by Crippen LogP contribution is 2.14. The molecular formula is C12H15ClNO4S. The molecule has 0 aliphatic rings. The number of carboxylic acids is 1. The lowest BCUT2D eigenvalue weighted by atomic mass is 10.2. The van der Waals surface area contributed by atoms with Crippen molar-refractivity contribution in [3.05, 3.63) is 29.8 Å². The summed E-state index contributed by atoms with van der Waals surface area (Å²) in [6.07, 6.45) is 0.396. The summed E-state index contributed by atoms with van der Waals surface area (Å²) < 4.78 is 22.8. The molecule has 2 N–H and O–H groups in total. The molecule has 0 saturated heterocycles. The lowest BCUT2D eigenvalue weighted by Gasteiger charge is -2.09. The van der Waals surface area contributed by atoms with Gasteiger partial charge in [0.15, 0.2) is 9.84 Å². The number of alkyl halides is 1. The van der Waals surface area contributed by atoms with E-state index in [9.17, 15) is 13.2 Å². The minimum Gasteiger partial charge on any atom is -0.478 e. The van der Waals surface area contributed by atoms with Crippen molar-refractivity contribution >= 4 is 33.1 Å². The van der Waals surface area contributed by atoms with E-state index in [0.717, 1.165) is 0 Å². The quantitative estimate of drug-likeness (QED) is 0.563. The highest BCUT2D eigenvalue weighted by molar-refractivity contribution is 7.91. The number of carboxylic acid groups (broad SMARTS) is 1. The van der Waals surface area contributed by atoms with Crippen LogP contribution in [0.15, 0.2) is 18.2 Å². The van der Waals surface area contributed by atoms with E-state index in [4.69, 9.17) is 16.7 Å². The Labute approximate surface area is 117 Å². The topological polar surface area (TPSA) is 83.5 Å². The van der Waals surface area contributed by atoms with Crippen LogP contribution in [-0.4, -0.2) is 43.4 Å². The molecule has 0 aliphatic carbocycles. The Hall–Kier alpha value is -1.27. The largest absolute Gasteiger partial charge is 0.478 e. The maximum absolute atomic E-state index is 11.4. The second kappa shape index (κ2) is 7.35. The number of rotatable bonds is 8. The fourth-order valence-corrected chi connectivity index (χ4v) is 3.22. The Morgan fingerprint density at radius 2 is 2.16 bits per heavy atom. The van der Waals surface area contributed by atoms with Crippen LogP contribution in [0.3, 0.4) is 0 Å². The second-order valence-corrected chi connectivity index (χ2v) is 6.57. The molecule has 0 amide bonds. The lowest BCUT2D eigenvalue weighted by molar-refractivity contribution is 0.0697. The molecule has 19 heavy (non-hydrogen) atoms. The molecule has 0 saturated carbocycles. The third-order valence-electron chi connectivity index (χ3n) is 2.41. The van der Waals surface area contributed by atoms with Gasteiger partial charge in [0.05, 0.1) is 17.1 Å². The van der Waals surface area contributed by atoms with Crippen LogP contribution in [0.25, 0.3) is 0 Å². The van der Waals surface area contributed by atoms with Crippen molar-refractivity contribution in [2.24, 2.45) is 0 Å². The van der Waals surface area contributed by atoms with Gasteiger partial charge in [-0.2, -0.15) is 0 Å². The average molecular weight is 305 g/mol. The van der Waals surface area contributed by atoms with Crippen molar-refractivity contribution in [1.82, 2.24) is 0 Å². The molecule has 1 aromatic carbocycles. The molecule has 0 fully saturated rings. The third kappa shape index (κ3) is 5.48. The summed E-state index contributed by atoms with van der Waals surface area (Å²) in [6, 6.07) is 7.41. The van der Waals surface area contributed by atoms with Crippen LogP contribution in [0.2, 0.25) is 0 Å². The van der Waals surface area contributed by atoms with Crippen LogP contribution in [-0.2, 0) is 9.84 Å². The lowest BCUT2D eigenvalue weighted by Crippen LogP contribution is -2.16. The summed E-state index contributed by atoms with van der Waals surface area (Å²) in [6.45, 7) is 0.375. The molecule has 1 radical (unpaired) electrons. The molecule has 105 valence electrons. The van der Waals surface area contributed by atoms with Crippen LogP contribution < -0.4 is 5.32 Å². The second-order valence-electron chi connectivity index (χ2n) is 3.89. The van der Waals surface area contributed by atoms with Crippen molar-refractivity contribution in [2.45, 2.75) is 6.42 Å². The Morgan fingerprint density at radius 1 is 1.42 bits per heavy atom. The normalized spacial score (nSPS) is 11.2. The smallest absolute Gasteiger partial charge is 0.338 e. The molecule has 0 heterocycles. The summed E-state index contributed by atoms with van der Waals surface area (Å²) in [4.78, 5) is 10.9. The Morgan fingerprint density at radius 3 is 2.79 bits per heavy atom. The zero-order chi connectivity index (χ0) is 14.3. The zero-order valence-electron chi connectivity index (χ0n) is 10.2. The van der Waals surface area contributed by atoms with Gasteiger partial charge >= 0.3 is 5.97 Å². The summed E-state index contributed by atoms with van der Waals surface area (Å²) in [5.41, 5.74) is 0.482. The standard InChI is InChI=1S/C12H15ClNO4S/c13-6-9-19(17,18)8-3-7-14-11-5-2-1-4-10(11)12(15)16/h1-2,5,14H,3,6-9H2,(H,15,16). The van der Waals surface area contributed by atoms with Crippen LogP contribution in [0.5, 0.6) is 0 Å². The van der Waals surface area contributed by atoms with E-state index in [0.29, 0.717) is 18.7 Å². The van der Waals surface area contributed by atoms with Gasteiger partial charge in [0.25, 0.3) is 0 Å². The van der Waals surface area contributed by atoms with Gasteiger partial charge in [0, 0.05) is 18.1 Å². The molecular weight excluding hydrogens is 290 g/mol. The van der Waals surface area contributed by atoms with E-state index >= 15 is 0 Å². The van der Waals surface area contributed by atoms with E-state index < -0.39 is 15.8 Å². The first-order chi connectivity index (χ1) is 8.96. The predicted octanol–water partition coefficient (Wildman–Crippen LogP) is 1.64. The van der Waals surface area contributed by atoms with Crippen molar-refractivity contribution < 1.29 is 18.3 Å². The van der Waals surface area contributed by atoms with Gasteiger partial charge in [-0.25, -0.2) is 13.2 Å².